The van der Waals surface area contributed by atoms with Crippen LogP contribution in [0.25, 0.3) is 0 Å². The molecular formula is C22H26N4O6S. The second-order valence-electron chi connectivity index (χ2n) is 7.67. The predicted octanol–water partition coefficient (Wildman–Crippen LogP) is 0.673. The number of carboxylic acid groups (broad SMARTS) is 1. The summed E-state index contributed by atoms with van der Waals surface area (Å²) in [7, 11) is -4.17. The van der Waals surface area contributed by atoms with Crippen molar-refractivity contribution in [2.75, 3.05) is 36.8 Å². The number of hydrogen-bond acceptors (Lipinski definition) is 8. The molecule has 0 bridgehead atoms. The number of hydrogen-bond donors (Lipinski definition) is 4. The Hall–Kier alpha value is -3.44. The Bertz CT molecular complexity index is 1160. The highest BCUT2D eigenvalue weighted by molar-refractivity contribution is 7.91. The number of nitrogens with zero attached hydrogens (tertiary/aromatic N) is 1. The van der Waals surface area contributed by atoms with Gasteiger partial charge in [0.2, 0.25) is 9.84 Å². The molecule has 33 heavy (non-hydrogen) atoms. The molecule has 0 aliphatic carbocycles. The molecule has 1 heterocycles. The maximum Gasteiger partial charge on any atom is 0.334 e. The average molecular weight is 475 g/mol. The fourth-order valence-electron chi connectivity index (χ4n) is 3.64. The molecule has 3 rings (SSSR count). The Morgan fingerprint density at radius 1 is 1.12 bits per heavy atom. The fraction of sp³-hybridized carbons (Fsp3) is 0.318. The fourth-order valence-corrected chi connectivity index (χ4v) is 5.13. The number of nitrogen functional groups attached to an aromatic ring is 1. The average Bonchev–Trinajstić information content (AvgIpc) is 3.06. The van der Waals surface area contributed by atoms with Crippen molar-refractivity contribution in [2.45, 2.75) is 29.2 Å². The summed E-state index contributed by atoms with van der Waals surface area (Å²) in [5.74, 6) is -3.31. The van der Waals surface area contributed by atoms with E-state index in [1.807, 2.05) is 0 Å². The van der Waals surface area contributed by atoms with Crippen molar-refractivity contribution in [3.05, 3.63) is 48.0 Å². The number of sulfone groups is 1. The van der Waals surface area contributed by atoms with Crippen LogP contribution in [0.3, 0.4) is 0 Å². The molecule has 1 unspecified atom stereocenters. The van der Waals surface area contributed by atoms with E-state index in [2.05, 4.69) is 15.5 Å². The van der Waals surface area contributed by atoms with E-state index in [1.165, 1.54) is 36.4 Å². The molecule has 1 amide bonds. The minimum atomic E-state index is -4.17. The lowest BCUT2D eigenvalue weighted by molar-refractivity contribution is -0.142. The SMILES string of the molecule is CC(=O)C(NC(=O)c1ccccc1S(=O)(=O)c1ccc(N2CCCNCC2)c(N)c1)C(=O)O. The molecule has 1 saturated heterocycles. The molecule has 1 fully saturated rings. The van der Waals surface area contributed by atoms with E-state index in [0.717, 1.165) is 45.2 Å². The maximum atomic E-state index is 13.4. The van der Waals surface area contributed by atoms with Crippen molar-refractivity contribution in [3.8, 4) is 0 Å². The zero-order chi connectivity index (χ0) is 24.2. The first kappa shape index (κ1) is 24.2. The second-order valence-corrected chi connectivity index (χ2v) is 9.58. The molecule has 5 N–H and O–H groups in total. The number of carbonyl (C=O) groups is 3. The number of nitrogens with two attached hydrogens (primary N) is 1. The lowest BCUT2D eigenvalue weighted by atomic mass is 10.1. The highest BCUT2D eigenvalue weighted by Crippen LogP contribution is 2.31. The third-order valence-corrected chi connectivity index (χ3v) is 7.15. The Morgan fingerprint density at radius 3 is 2.52 bits per heavy atom. The monoisotopic (exact) mass is 474 g/mol. The van der Waals surface area contributed by atoms with E-state index in [0.29, 0.717) is 5.69 Å². The molecular weight excluding hydrogens is 448 g/mol. The lowest BCUT2D eigenvalue weighted by Crippen LogP contribution is -2.45. The van der Waals surface area contributed by atoms with Gasteiger partial charge in [-0.25, -0.2) is 13.2 Å². The van der Waals surface area contributed by atoms with Gasteiger partial charge in [-0.15, -0.1) is 0 Å². The summed E-state index contributed by atoms with van der Waals surface area (Å²) in [6, 6.07) is 8.05. The normalized spacial score (nSPS) is 15.4. The summed E-state index contributed by atoms with van der Waals surface area (Å²) in [6.07, 6.45) is 0.930. The maximum absolute atomic E-state index is 13.4. The van der Waals surface area contributed by atoms with Crippen LogP contribution in [0.15, 0.2) is 52.3 Å². The Labute approximate surface area is 191 Å². The van der Waals surface area contributed by atoms with Crippen LogP contribution in [0.4, 0.5) is 11.4 Å². The summed E-state index contributed by atoms with van der Waals surface area (Å²) in [5.41, 5.74) is 6.95. The Morgan fingerprint density at radius 2 is 1.85 bits per heavy atom. The summed E-state index contributed by atoms with van der Waals surface area (Å²) < 4.78 is 26.7. The number of benzene rings is 2. The first-order valence-electron chi connectivity index (χ1n) is 10.4. The number of nitrogens with one attached hydrogen (secondary N) is 2. The Balaban J connectivity index is 1.95. The van der Waals surface area contributed by atoms with Crippen molar-refractivity contribution in [1.82, 2.24) is 10.6 Å². The van der Waals surface area contributed by atoms with Gasteiger partial charge in [0.1, 0.15) is 0 Å². The van der Waals surface area contributed by atoms with E-state index in [-0.39, 0.29) is 15.4 Å². The molecule has 2 aromatic rings. The third-order valence-electron chi connectivity index (χ3n) is 5.34. The van der Waals surface area contributed by atoms with E-state index in [4.69, 9.17) is 10.8 Å². The molecule has 11 heteroatoms. The van der Waals surface area contributed by atoms with Gasteiger partial charge in [0, 0.05) is 19.6 Å². The van der Waals surface area contributed by atoms with Crippen LogP contribution in [0, 0.1) is 0 Å². The molecule has 2 aromatic carbocycles. The predicted molar refractivity (Wildman–Crippen MR) is 122 cm³/mol. The van der Waals surface area contributed by atoms with Crippen LogP contribution in [-0.2, 0) is 19.4 Å². The number of anilines is 2. The Kier molecular flexibility index (Phi) is 7.34. The van der Waals surface area contributed by atoms with Crippen LogP contribution in [0.1, 0.15) is 23.7 Å². The third kappa shape index (κ3) is 5.32. The van der Waals surface area contributed by atoms with E-state index >= 15 is 0 Å². The van der Waals surface area contributed by atoms with Crippen LogP contribution in [0.2, 0.25) is 0 Å². The highest BCUT2D eigenvalue weighted by Gasteiger charge is 2.29. The van der Waals surface area contributed by atoms with E-state index in [1.54, 1.807) is 6.07 Å². The van der Waals surface area contributed by atoms with Gasteiger partial charge in [-0.05, 0) is 50.2 Å². The van der Waals surface area contributed by atoms with Crippen LogP contribution < -0.4 is 21.3 Å². The second kappa shape index (κ2) is 10.0. The highest BCUT2D eigenvalue weighted by atomic mass is 32.2. The molecule has 1 aliphatic rings. The largest absolute Gasteiger partial charge is 0.479 e. The zero-order valence-corrected chi connectivity index (χ0v) is 18.9. The zero-order valence-electron chi connectivity index (χ0n) is 18.1. The summed E-state index contributed by atoms with van der Waals surface area (Å²) >= 11 is 0. The number of Topliss-reactive ketones (excluding diaryl/α,β-unsaturated/α-hetero) is 1. The minimum Gasteiger partial charge on any atom is -0.479 e. The van der Waals surface area contributed by atoms with Crippen molar-refractivity contribution in [1.29, 1.82) is 0 Å². The van der Waals surface area contributed by atoms with Crippen molar-refractivity contribution < 1.29 is 27.9 Å². The van der Waals surface area contributed by atoms with Gasteiger partial charge in [-0.2, -0.15) is 0 Å². The summed E-state index contributed by atoms with van der Waals surface area (Å²) in [6.45, 7) is 4.23. The van der Waals surface area contributed by atoms with Gasteiger partial charge in [0.05, 0.1) is 26.7 Å². The first-order chi connectivity index (χ1) is 15.6. The van der Waals surface area contributed by atoms with Crippen molar-refractivity contribution >= 4 is 38.9 Å². The van der Waals surface area contributed by atoms with E-state index in [9.17, 15) is 22.8 Å². The molecule has 0 aromatic heterocycles. The van der Waals surface area contributed by atoms with Crippen LogP contribution >= 0.6 is 0 Å². The smallest absolute Gasteiger partial charge is 0.334 e. The minimum absolute atomic E-state index is 0.0988. The summed E-state index contributed by atoms with van der Waals surface area (Å²) in [4.78, 5) is 37.2. The van der Waals surface area contributed by atoms with Gasteiger partial charge in [0.15, 0.2) is 11.8 Å². The van der Waals surface area contributed by atoms with Crippen LogP contribution in [0.5, 0.6) is 0 Å². The van der Waals surface area contributed by atoms with Crippen molar-refractivity contribution in [2.24, 2.45) is 0 Å². The van der Waals surface area contributed by atoms with Gasteiger partial charge < -0.3 is 26.4 Å². The van der Waals surface area contributed by atoms with E-state index < -0.39 is 33.5 Å². The van der Waals surface area contributed by atoms with Gasteiger partial charge in [-0.1, -0.05) is 12.1 Å². The molecule has 176 valence electrons. The molecule has 1 atom stereocenters. The number of aliphatic carboxylic acids is 1. The number of rotatable bonds is 7. The van der Waals surface area contributed by atoms with Gasteiger partial charge >= 0.3 is 5.97 Å². The number of carboxylic acids is 1. The quantitative estimate of drug-likeness (QED) is 0.334. The molecule has 0 radical (unpaired) electrons. The number of ketones is 1. The van der Waals surface area contributed by atoms with Gasteiger partial charge in [-0.3, -0.25) is 9.59 Å². The molecule has 10 nitrogen and oxygen atoms in total. The first-order valence-corrected chi connectivity index (χ1v) is 11.8. The van der Waals surface area contributed by atoms with Crippen LogP contribution in [-0.4, -0.2) is 63.4 Å². The standard InChI is InChI=1S/C22H26N4O6S/c1-14(27)20(22(29)30)25-21(28)16-5-2-3-6-19(16)33(31,32)15-7-8-18(17(23)13-15)26-11-4-9-24-10-12-26/h2-3,5-8,13,20,24H,4,9-12,23H2,1H3,(H,25,28)(H,29,30). The molecule has 1 aliphatic heterocycles. The van der Waals surface area contributed by atoms with Gasteiger partial charge in [0.25, 0.3) is 5.91 Å². The van der Waals surface area contributed by atoms with Crippen molar-refractivity contribution in [3.63, 3.8) is 0 Å². The summed E-state index contributed by atoms with van der Waals surface area (Å²) in [5, 5.41) is 14.5. The topological polar surface area (TPSA) is 159 Å². The number of carbonyl (C=O) groups excluding carboxylic acids is 2. The molecule has 0 spiro atoms. The lowest BCUT2D eigenvalue weighted by Gasteiger charge is -2.24. The molecule has 0 saturated carbocycles. The number of amides is 1.